The minimum atomic E-state index is -0.582. The van der Waals surface area contributed by atoms with Crippen molar-refractivity contribution in [2.75, 3.05) is 37.6 Å². The van der Waals surface area contributed by atoms with Gasteiger partial charge in [0.15, 0.2) is 5.58 Å². The van der Waals surface area contributed by atoms with Crippen LogP contribution in [-0.4, -0.2) is 59.1 Å². The number of carbonyl (C=O) groups is 1. The van der Waals surface area contributed by atoms with Gasteiger partial charge >= 0.3 is 5.76 Å². The molecule has 1 N–H and O–H groups in total. The number of benzene rings is 2. The van der Waals surface area contributed by atoms with Crippen LogP contribution in [0.2, 0.25) is 0 Å². The summed E-state index contributed by atoms with van der Waals surface area (Å²) in [5.74, 6) is -0.634. The van der Waals surface area contributed by atoms with E-state index in [9.17, 15) is 19.7 Å². The Morgan fingerprint density at radius 3 is 2.64 bits per heavy atom. The second-order valence-electron chi connectivity index (χ2n) is 9.46. The number of amides is 1. The quantitative estimate of drug-likeness (QED) is 0.339. The SMILES string of the molecule is Cc1cccc(N2CCN(CCC(C)NC(=O)CCCn3c(=O)oc4cc([N+](=O)[O-])ccc43)CC2)c1. The topological polar surface area (TPSA) is 114 Å². The lowest BCUT2D eigenvalue weighted by molar-refractivity contribution is -0.384. The molecule has 2 heterocycles. The largest absolute Gasteiger partial charge is 0.419 e. The van der Waals surface area contributed by atoms with E-state index in [0.717, 1.165) is 39.1 Å². The van der Waals surface area contributed by atoms with Crippen LogP contribution < -0.4 is 16.0 Å². The first kappa shape index (κ1) is 25.4. The molecule has 0 spiro atoms. The molecule has 0 saturated carbocycles. The third kappa shape index (κ3) is 6.31. The number of fused-ring (bicyclic) bond motifs is 1. The fraction of sp³-hybridized carbons (Fsp3) is 0.462. The number of hydrogen-bond acceptors (Lipinski definition) is 7. The van der Waals surface area contributed by atoms with E-state index in [1.54, 1.807) is 0 Å². The second-order valence-corrected chi connectivity index (χ2v) is 9.46. The highest BCUT2D eigenvalue weighted by Gasteiger charge is 2.18. The minimum Gasteiger partial charge on any atom is -0.407 e. The standard InChI is InChI=1S/C26H33N5O5/c1-19-5-3-6-21(17-19)29-15-13-28(14-16-29)12-10-20(2)27-25(32)7-4-11-30-23-9-8-22(31(34)35)18-24(23)36-26(30)33/h3,5-6,8-9,17-18,20H,4,7,10-16H2,1-2H3,(H,27,32). The smallest absolute Gasteiger partial charge is 0.407 e. The zero-order valence-corrected chi connectivity index (χ0v) is 20.8. The number of oxazole rings is 1. The molecule has 1 amide bonds. The number of rotatable bonds is 10. The number of nitrogens with one attached hydrogen (secondary N) is 1. The molecule has 1 aliphatic heterocycles. The first-order valence-electron chi connectivity index (χ1n) is 12.4. The highest BCUT2D eigenvalue weighted by atomic mass is 16.6. The molecule has 1 unspecified atom stereocenters. The van der Waals surface area contributed by atoms with E-state index in [4.69, 9.17) is 4.42 Å². The number of anilines is 1. The predicted octanol–water partition coefficient (Wildman–Crippen LogP) is 3.31. The summed E-state index contributed by atoms with van der Waals surface area (Å²) in [7, 11) is 0. The van der Waals surface area contributed by atoms with Crippen LogP contribution >= 0.6 is 0 Å². The fourth-order valence-electron chi connectivity index (χ4n) is 4.63. The van der Waals surface area contributed by atoms with E-state index in [1.165, 1.54) is 34.0 Å². The van der Waals surface area contributed by atoms with Crippen molar-refractivity contribution in [3.63, 3.8) is 0 Å². The number of carbonyl (C=O) groups excluding carboxylic acids is 1. The predicted molar refractivity (Wildman–Crippen MR) is 138 cm³/mol. The maximum Gasteiger partial charge on any atom is 0.419 e. The summed E-state index contributed by atoms with van der Waals surface area (Å²) in [4.78, 5) is 39.8. The Morgan fingerprint density at radius 2 is 1.92 bits per heavy atom. The van der Waals surface area contributed by atoms with Crippen molar-refractivity contribution in [2.24, 2.45) is 0 Å². The van der Waals surface area contributed by atoms with E-state index in [1.807, 2.05) is 6.92 Å². The van der Waals surface area contributed by atoms with Crippen molar-refractivity contribution in [3.05, 3.63) is 68.7 Å². The van der Waals surface area contributed by atoms with Gasteiger partial charge in [-0.15, -0.1) is 0 Å². The zero-order chi connectivity index (χ0) is 25.7. The molecule has 1 atom stereocenters. The fourth-order valence-corrected chi connectivity index (χ4v) is 4.63. The lowest BCUT2D eigenvalue weighted by atomic mass is 10.1. The van der Waals surface area contributed by atoms with Crippen molar-refractivity contribution in [2.45, 2.75) is 45.7 Å². The van der Waals surface area contributed by atoms with E-state index in [-0.39, 0.29) is 29.6 Å². The highest BCUT2D eigenvalue weighted by molar-refractivity contribution is 5.77. The average Bonchev–Trinajstić information content (AvgIpc) is 3.17. The summed E-state index contributed by atoms with van der Waals surface area (Å²) in [5, 5.41) is 14.0. The Hall–Kier alpha value is -3.66. The monoisotopic (exact) mass is 495 g/mol. The molecular weight excluding hydrogens is 462 g/mol. The van der Waals surface area contributed by atoms with Crippen LogP contribution in [0.5, 0.6) is 0 Å². The van der Waals surface area contributed by atoms with Crippen LogP contribution in [0.4, 0.5) is 11.4 Å². The molecule has 10 nitrogen and oxygen atoms in total. The van der Waals surface area contributed by atoms with Gasteiger partial charge in [-0.1, -0.05) is 12.1 Å². The van der Waals surface area contributed by atoms with Gasteiger partial charge in [-0.25, -0.2) is 4.79 Å². The molecule has 4 rings (SSSR count). The molecule has 36 heavy (non-hydrogen) atoms. The Morgan fingerprint density at radius 1 is 1.14 bits per heavy atom. The van der Waals surface area contributed by atoms with E-state index in [0.29, 0.717) is 18.5 Å². The van der Waals surface area contributed by atoms with Gasteiger partial charge in [0.05, 0.1) is 16.5 Å². The summed E-state index contributed by atoms with van der Waals surface area (Å²) in [6, 6.07) is 12.7. The van der Waals surface area contributed by atoms with Crippen LogP contribution in [0, 0.1) is 17.0 Å². The maximum atomic E-state index is 12.4. The van der Waals surface area contributed by atoms with Crippen LogP contribution in [0.15, 0.2) is 51.7 Å². The van der Waals surface area contributed by atoms with E-state index in [2.05, 4.69) is 46.3 Å². The Labute approximate surface area is 209 Å². The van der Waals surface area contributed by atoms with Crippen molar-refractivity contribution in [1.29, 1.82) is 0 Å². The number of nitro groups is 1. The molecule has 10 heteroatoms. The van der Waals surface area contributed by atoms with E-state index < -0.39 is 10.7 Å². The number of piperazine rings is 1. The lowest BCUT2D eigenvalue weighted by Gasteiger charge is -2.36. The molecule has 1 fully saturated rings. The Bertz CT molecular complexity index is 1280. The summed E-state index contributed by atoms with van der Waals surface area (Å²) in [6.07, 6.45) is 1.62. The van der Waals surface area contributed by atoms with Gasteiger partial charge in [0, 0.05) is 63.5 Å². The Kier molecular flexibility index (Phi) is 8.04. The van der Waals surface area contributed by atoms with Gasteiger partial charge < -0.3 is 14.6 Å². The maximum absolute atomic E-state index is 12.4. The summed E-state index contributed by atoms with van der Waals surface area (Å²) in [6.45, 7) is 9.38. The second kappa shape index (κ2) is 11.4. The van der Waals surface area contributed by atoms with Gasteiger partial charge in [0.1, 0.15) is 0 Å². The molecule has 2 aromatic carbocycles. The first-order chi connectivity index (χ1) is 17.3. The number of aromatic nitrogens is 1. The van der Waals surface area contributed by atoms with Gasteiger partial charge in [0.2, 0.25) is 5.91 Å². The first-order valence-corrected chi connectivity index (χ1v) is 12.4. The number of aryl methyl sites for hydroxylation is 2. The molecule has 0 bridgehead atoms. The van der Waals surface area contributed by atoms with Gasteiger partial charge in [-0.3, -0.25) is 24.4 Å². The molecule has 1 aromatic heterocycles. The number of hydrogen-bond donors (Lipinski definition) is 1. The normalized spacial score (nSPS) is 15.2. The molecule has 0 radical (unpaired) electrons. The molecule has 3 aromatic rings. The van der Waals surface area contributed by atoms with Crippen molar-refractivity contribution < 1.29 is 14.1 Å². The van der Waals surface area contributed by atoms with E-state index >= 15 is 0 Å². The summed E-state index contributed by atoms with van der Waals surface area (Å²) >= 11 is 0. The van der Waals surface area contributed by atoms with Gasteiger partial charge in [0.25, 0.3) is 5.69 Å². The lowest BCUT2D eigenvalue weighted by Crippen LogP contribution is -2.47. The van der Waals surface area contributed by atoms with Gasteiger partial charge in [-0.05, 0) is 50.5 Å². The van der Waals surface area contributed by atoms with Crippen LogP contribution in [0.25, 0.3) is 11.1 Å². The minimum absolute atomic E-state index is 0.0525. The number of nitrogens with zero attached hydrogens (tertiary/aromatic N) is 4. The van der Waals surface area contributed by atoms with Crippen molar-refractivity contribution in [3.8, 4) is 0 Å². The Balaban J connectivity index is 1.17. The number of nitro benzene ring substituents is 1. The molecule has 1 aliphatic rings. The van der Waals surface area contributed by atoms with Crippen LogP contribution in [-0.2, 0) is 11.3 Å². The average molecular weight is 496 g/mol. The molecular formula is C26H33N5O5. The summed E-state index contributed by atoms with van der Waals surface area (Å²) in [5.41, 5.74) is 3.08. The van der Waals surface area contributed by atoms with Crippen molar-refractivity contribution >= 4 is 28.4 Å². The molecule has 192 valence electrons. The van der Waals surface area contributed by atoms with Crippen LogP contribution in [0.3, 0.4) is 0 Å². The van der Waals surface area contributed by atoms with Crippen molar-refractivity contribution in [1.82, 2.24) is 14.8 Å². The summed E-state index contributed by atoms with van der Waals surface area (Å²) < 4.78 is 6.54. The number of non-ortho nitro benzene ring substituents is 1. The molecule has 1 saturated heterocycles. The van der Waals surface area contributed by atoms with Crippen LogP contribution in [0.1, 0.15) is 31.7 Å². The third-order valence-electron chi connectivity index (χ3n) is 6.67. The van der Waals surface area contributed by atoms with Gasteiger partial charge in [-0.2, -0.15) is 0 Å². The molecule has 0 aliphatic carbocycles. The third-order valence-corrected chi connectivity index (χ3v) is 6.67. The zero-order valence-electron chi connectivity index (χ0n) is 20.8. The highest BCUT2D eigenvalue weighted by Crippen LogP contribution is 2.20.